The maximum Gasteiger partial charge on any atom is 0.242 e. The molecule has 0 spiro atoms. The van der Waals surface area contributed by atoms with Crippen LogP contribution in [-0.4, -0.2) is 29.3 Å². The zero-order valence-corrected chi connectivity index (χ0v) is 20.1. The first-order valence-corrected chi connectivity index (χ1v) is 11.4. The van der Waals surface area contributed by atoms with Crippen molar-refractivity contribution in [2.24, 2.45) is 0 Å². The third-order valence-electron chi connectivity index (χ3n) is 5.48. The van der Waals surface area contributed by atoms with Crippen LogP contribution in [0.25, 0.3) is 0 Å². The molecule has 0 bridgehead atoms. The van der Waals surface area contributed by atoms with Gasteiger partial charge in [0.25, 0.3) is 0 Å². The van der Waals surface area contributed by atoms with Gasteiger partial charge in [0.1, 0.15) is 6.04 Å². The van der Waals surface area contributed by atoms with Crippen LogP contribution in [-0.2, 0) is 28.0 Å². The molecule has 0 saturated carbocycles. The van der Waals surface area contributed by atoms with Crippen LogP contribution in [0.2, 0.25) is 5.02 Å². The molecule has 0 aromatic heterocycles. The van der Waals surface area contributed by atoms with Crippen LogP contribution in [0, 0.1) is 0 Å². The number of carbonyl (C=O) groups excluding carboxylic acids is 2. The van der Waals surface area contributed by atoms with E-state index in [0.717, 1.165) is 11.1 Å². The molecule has 1 N–H and O–H groups in total. The molecule has 0 radical (unpaired) electrons. The third-order valence-corrected chi connectivity index (χ3v) is 5.85. The summed E-state index contributed by atoms with van der Waals surface area (Å²) < 4.78 is 0. The van der Waals surface area contributed by atoms with Gasteiger partial charge >= 0.3 is 0 Å². The minimum absolute atomic E-state index is 0.0436. The Morgan fingerprint density at radius 3 is 2.23 bits per heavy atom. The second kappa shape index (κ2) is 11.3. The monoisotopic (exact) mass is 442 g/mol. The number of hydrogen-bond acceptors (Lipinski definition) is 2. The Kier molecular flexibility index (Phi) is 9.12. The number of hydrogen-bond donors (Lipinski definition) is 1. The van der Waals surface area contributed by atoms with Gasteiger partial charge in [0, 0.05) is 24.5 Å². The summed E-state index contributed by atoms with van der Waals surface area (Å²) in [5.41, 5.74) is 3.33. The summed E-state index contributed by atoms with van der Waals surface area (Å²) in [5.74, 6) is -0.169. The maximum atomic E-state index is 13.3. The highest BCUT2D eigenvalue weighted by Crippen LogP contribution is 2.23. The van der Waals surface area contributed by atoms with Crippen LogP contribution in [0.5, 0.6) is 0 Å². The average molecular weight is 443 g/mol. The number of amides is 2. The van der Waals surface area contributed by atoms with Gasteiger partial charge in [0.15, 0.2) is 0 Å². The lowest BCUT2D eigenvalue weighted by Crippen LogP contribution is -2.49. The molecule has 0 heterocycles. The van der Waals surface area contributed by atoms with Gasteiger partial charge in [-0.15, -0.1) is 0 Å². The lowest BCUT2D eigenvalue weighted by atomic mass is 9.86. The summed E-state index contributed by atoms with van der Waals surface area (Å²) in [5, 5.41) is 3.46. The fourth-order valence-corrected chi connectivity index (χ4v) is 3.78. The van der Waals surface area contributed by atoms with Crippen molar-refractivity contribution in [3.63, 3.8) is 0 Å². The van der Waals surface area contributed by atoms with Gasteiger partial charge in [-0.2, -0.15) is 0 Å². The Morgan fingerprint density at radius 1 is 1.03 bits per heavy atom. The van der Waals surface area contributed by atoms with Gasteiger partial charge in [-0.1, -0.05) is 81.8 Å². The van der Waals surface area contributed by atoms with E-state index < -0.39 is 6.04 Å². The number of likely N-dealkylation sites (N-methyl/N-ethyl adjacent to an activating group) is 1. The second-order valence-corrected chi connectivity index (χ2v) is 9.29. The Hall–Kier alpha value is -2.33. The molecule has 0 aliphatic carbocycles. The summed E-state index contributed by atoms with van der Waals surface area (Å²) >= 11 is 6.35. The van der Waals surface area contributed by atoms with E-state index in [1.54, 1.807) is 4.90 Å². The van der Waals surface area contributed by atoms with Crippen molar-refractivity contribution >= 4 is 23.4 Å². The van der Waals surface area contributed by atoms with Crippen LogP contribution in [0.1, 0.15) is 64.2 Å². The fraction of sp³-hybridized carbons (Fsp3) is 0.462. The molecule has 31 heavy (non-hydrogen) atoms. The van der Waals surface area contributed by atoms with Gasteiger partial charge in [0.2, 0.25) is 11.8 Å². The summed E-state index contributed by atoms with van der Waals surface area (Å²) in [4.78, 5) is 27.6. The lowest BCUT2D eigenvalue weighted by Gasteiger charge is -2.31. The van der Waals surface area contributed by atoms with Gasteiger partial charge in [-0.25, -0.2) is 0 Å². The normalized spacial score (nSPS) is 12.3. The molecular formula is C26H35ClN2O2. The van der Waals surface area contributed by atoms with E-state index in [9.17, 15) is 9.59 Å². The van der Waals surface area contributed by atoms with Gasteiger partial charge < -0.3 is 10.2 Å². The average Bonchev–Trinajstić information content (AvgIpc) is 2.73. The molecule has 0 fully saturated rings. The first-order valence-electron chi connectivity index (χ1n) is 11.1. The first kappa shape index (κ1) is 24.9. The molecule has 5 heteroatoms. The van der Waals surface area contributed by atoms with Crippen molar-refractivity contribution in [3.8, 4) is 0 Å². The predicted molar refractivity (Wildman–Crippen MR) is 128 cm³/mol. The molecule has 4 nitrogen and oxygen atoms in total. The van der Waals surface area contributed by atoms with Crippen LogP contribution < -0.4 is 5.32 Å². The zero-order chi connectivity index (χ0) is 23.0. The molecule has 2 amide bonds. The van der Waals surface area contributed by atoms with Crippen molar-refractivity contribution < 1.29 is 9.59 Å². The van der Waals surface area contributed by atoms with Crippen molar-refractivity contribution in [1.29, 1.82) is 0 Å². The van der Waals surface area contributed by atoms with Crippen LogP contribution >= 0.6 is 11.6 Å². The van der Waals surface area contributed by atoms with E-state index >= 15 is 0 Å². The summed E-state index contributed by atoms with van der Waals surface area (Å²) in [7, 11) is 0. The van der Waals surface area contributed by atoms with Gasteiger partial charge in [0.05, 0.1) is 0 Å². The number of rotatable bonds is 9. The molecule has 2 aromatic carbocycles. The van der Waals surface area contributed by atoms with Crippen molar-refractivity contribution in [3.05, 3.63) is 70.2 Å². The predicted octanol–water partition coefficient (Wildman–Crippen LogP) is 5.51. The van der Waals surface area contributed by atoms with E-state index in [2.05, 4.69) is 50.4 Å². The highest BCUT2D eigenvalue weighted by atomic mass is 35.5. The van der Waals surface area contributed by atoms with E-state index in [1.807, 2.05) is 38.1 Å². The van der Waals surface area contributed by atoms with Crippen LogP contribution in [0.4, 0.5) is 0 Å². The molecule has 0 aliphatic rings. The summed E-state index contributed by atoms with van der Waals surface area (Å²) in [6, 6.07) is 15.4. The fourth-order valence-electron chi connectivity index (χ4n) is 3.59. The Bertz CT molecular complexity index is 872. The lowest BCUT2D eigenvalue weighted by molar-refractivity contribution is -0.141. The molecular weight excluding hydrogens is 408 g/mol. The highest BCUT2D eigenvalue weighted by Gasteiger charge is 2.28. The number of carbonyl (C=O) groups is 2. The van der Waals surface area contributed by atoms with Crippen molar-refractivity contribution in [1.82, 2.24) is 10.2 Å². The number of halogens is 1. The summed E-state index contributed by atoms with van der Waals surface area (Å²) in [6.07, 6.45) is 1.52. The van der Waals surface area contributed by atoms with Gasteiger partial charge in [-0.3, -0.25) is 9.59 Å². The second-order valence-electron chi connectivity index (χ2n) is 8.88. The zero-order valence-electron chi connectivity index (χ0n) is 19.4. The Labute approximate surface area is 192 Å². The largest absolute Gasteiger partial charge is 0.355 e. The minimum atomic E-state index is -0.521. The quantitative estimate of drug-likeness (QED) is 0.556. The standard InChI is InChI=1S/C26H35ClN2O2/c1-6-23(25(31)28-7-2)29(18-20-10-8-9-11-22(20)27)24(30)17-14-19-12-15-21(16-13-19)26(3,4)5/h8-13,15-16,23H,6-7,14,17-18H2,1-5H3,(H,28,31)/t23-/m1/s1. The molecule has 0 aliphatic heterocycles. The minimum Gasteiger partial charge on any atom is -0.355 e. The molecule has 2 aromatic rings. The van der Waals surface area contributed by atoms with Gasteiger partial charge in [-0.05, 0) is 47.9 Å². The molecule has 1 atom stereocenters. The number of nitrogens with zero attached hydrogens (tertiary/aromatic N) is 1. The van der Waals surface area contributed by atoms with Crippen molar-refractivity contribution in [2.75, 3.05) is 6.54 Å². The third kappa shape index (κ3) is 7.10. The number of nitrogens with one attached hydrogen (secondary N) is 1. The van der Waals surface area contributed by atoms with E-state index in [4.69, 9.17) is 11.6 Å². The van der Waals surface area contributed by atoms with E-state index in [1.165, 1.54) is 5.56 Å². The van der Waals surface area contributed by atoms with E-state index in [-0.39, 0.29) is 17.2 Å². The Morgan fingerprint density at radius 2 is 1.68 bits per heavy atom. The molecule has 0 unspecified atom stereocenters. The smallest absolute Gasteiger partial charge is 0.242 e. The Balaban J connectivity index is 2.18. The highest BCUT2D eigenvalue weighted by molar-refractivity contribution is 6.31. The number of aryl methyl sites for hydroxylation is 1. The topological polar surface area (TPSA) is 49.4 Å². The molecule has 0 saturated heterocycles. The summed E-state index contributed by atoms with van der Waals surface area (Å²) in [6.45, 7) is 11.2. The van der Waals surface area contributed by atoms with Crippen LogP contribution in [0.3, 0.4) is 0 Å². The number of benzene rings is 2. The van der Waals surface area contributed by atoms with E-state index in [0.29, 0.717) is 37.4 Å². The SMILES string of the molecule is CCNC(=O)[C@@H](CC)N(Cc1ccccc1Cl)C(=O)CCc1ccc(C(C)(C)C)cc1. The first-order chi connectivity index (χ1) is 14.7. The van der Waals surface area contributed by atoms with Crippen LogP contribution in [0.15, 0.2) is 48.5 Å². The van der Waals surface area contributed by atoms with Crippen molar-refractivity contribution in [2.45, 2.75) is 71.9 Å². The maximum absolute atomic E-state index is 13.3. The molecule has 2 rings (SSSR count). The molecule has 168 valence electrons.